The number of benzene rings is 1. The molecule has 1 aliphatic rings. The van der Waals surface area contributed by atoms with Crippen LogP contribution in [0.2, 0.25) is 0 Å². The lowest BCUT2D eigenvalue weighted by molar-refractivity contribution is -0.000852. The van der Waals surface area contributed by atoms with Crippen molar-refractivity contribution < 1.29 is 14.3 Å². The average Bonchev–Trinajstić information content (AvgIpc) is 3.14. The van der Waals surface area contributed by atoms with Gasteiger partial charge >= 0.3 is 0 Å². The van der Waals surface area contributed by atoms with Gasteiger partial charge in [-0.3, -0.25) is 4.79 Å². The van der Waals surface area contributed by atoms with Crippen molar-refractivity contribution in [3.8, 4) is 5.75 Å². The van der Waals surface area contributed by atoms with Gasteiger partial charge in [-0.1, -0.05) is 24.3 Å². The highest BCUT2D eigenvalue weighted by molar-refractivity contribution is 7.12. The average molecular weight is 331 g/mol. The zero-order valence-electron chi connectivity index (χ0n) is 13.2. The first-order valence-corrected chi connectivity index (χ1v) is 8.72. The van der Waals surface area contributed by atoms with Crippen molar-refractivity contribution in [2.75, 3.05) is 20.2 Å². The quantitative estimate of drug-likeness (QED) is 0.840. The molecule has 1 fully saturated rings. The summed E-state index contributed by atoms with van der Waals surface area (Å²) in [5.41, 5.74) is 1.06. The Morgan fingerprint density at radius 1 is 1.22 bits per heavy atom. The Bertz CT molecular complexity index is 633. The van der Waals surface area contributed by atoms with Gasteiger partial charge in [-0.2, -0.15) is 0 Å². The van der Waals surface area contributed by atoms with Gasteiger partial charge in [0.05, 0.1) is 24.7 Å². The summed E-state index contributed by atoms with van der Waals surface area (Å²) in [5.74, 6) is 1.00. The highest BCUT2D eigenvalue weighted by atomic mass is 32.1. The van der Waals surface area contributed by atoms with Gasteiger partial charge in [0, 0.05) is 18.7 Å². The predicted octanol–water partition coefficient (Wildman–Crippen LogP) is 3.58. The first kappa shape index (κ1) is 16.0. The molecule has 5 heteroatoms. The number of carbonyl (C=O) groups excluding carboxylic acids is 1. The van der Waals surface area contributed by atoms with Crippen LogP contribution in [-0.2, 0) is 11.3 Å². The number of nitrogens with zero attached hydrogens (tertiary/aromatic N) is 1. The van der Waals surface area contributed by atoms with E-state index in [1.807, 2.05) is 46.7 Å². The van der Waals surface area contributed by atoms with E-state index in [1.165, 1.54) is 11.3 Å². The Morgan fingerprint density at radius 3 is 2.70 bits per heavy atom. The molecule has 23 heavy (non-hydrogen) atoms. The summed E-state index contributed by atoms with van der Waals surface area (Å²) in [5, 5.41) is 1.94. The van der Waals surface area contributed by atoms with E-state index in [1.54, 1.807) is 7.11 Å². The molecule has 3 rings (SSSR count). The summed E-state index contributed by atoms with van der Waals surface area (Å²) in [6, 6.07) is 11.7. The van der Waals surface area contributed by atoms with Gasteiger partial charge in [0.25, 0.3) is 5.91 Å². The normalized spacial score (nSPS) is 15.6. The fourth-order valence-electron chi connectivity index (χ4n) is 2.81. The van der Waals surface area contributed by atoms with Crippen molar-refractivity contribution in [3.63, 3.8) is 0 Å². The highest BCUT2D eigenvalue weighted by Gasteiger charge is 2.24. The van der Waals surface area contributed by atoms with Gasteiger partial charge < -0.3 is 14.4 Å². The molecule has 1 aromatic carbocycles. The zero-order valence-corrected chi connectivity index (χ0v) is 14.1. The third-order valence-corrected chi connectivity index (χ3v) is 4.99. The second-order valence-electron chi connectivity index (χ2n) is 5.59. The lowest BCUT2D eigenvalue weighted by Gasteiger charge is -2.31. The second-order valence-corrected chi connectivity index (χ2v) is 6.54. The van der Waals surface area contributed by atoms with E-state index in [-0.39, 0.29) is 12.0 Å². The third-order valence-electron chi connectivity index (χ3n) is 4.13. The number of amides is 1. The van der Waals surface area contributed by atoms with Crippen molar-refractivity contribution in [3.05, 3.63) is 52.2 Å². The molecule has 0 bridgehead atoms. The van der Waals surface area contributed by atoms with Crippen LogP contribution in [0.25, 0.3) is 0 Å². The first-order chi connectivity index (χ1) is 11.3. The molecule has 0 N–H and O–H groups in total. The third kappa shape index (κ3) is 3.92. The molecule has 2 heterocycles. The van der Waals surface area contributed by atoms with Crippen LogP contribution in [0.4, 0.5) is 0 Å². The summed E-state index contributed by atoms with van der Waals surface area (Å²) < 4.78 is 11.4. The largest absolute Gasteiger partial charge is 0.496 e. The monoisotopic (exact) mass is 331 g/mol. The van der Waals surface area contributed by atoms with Gasteiger partial charge in [-0.05, 0) is 30.4 Å². The molecule has 0 saturated carbocycles. The van der Waals surface area contributed by atoms with Gasteiger partial charge in [-0.15, -0.1) is 11.3 Å². The number of carbonyl (C=O) groups is 1. The predicted molar refractivity (Wildman–Crippen MR) is 91.0 cm³/mol. The van der Waals surface area contributed by atoms with Crippen molar-refractivity contribution in [2.24, 2.45) is 0 Å². The molecule has 1 saturated heterocycles. The fourth-order valence-corrected chi connectivity index (χ4v) is 3.50. The van der Waals surface area contributed by atoms with E-state index in [0.717, 1.165) is 42.1 Å². The van der Waals surface area contributed by atoms with Crippen LogP contribution < -0.4 is 4.74 Å². The molecule has 1 aliphatic heterocycles. The smallest absolute Gasteiger partial charge is 0.263 e. The van der Waals surface area contributed by atoms with Crippen molar-refractivity contribution >= 4 is 17.2 Å². The van der Waals surface area contributed by atoms with Crippen LogP contribution >= 0.6 is 11.3 Å². The Morgan fingerprint density at radius 2 is 2.00 bits per heavy atom. The first-order valence-electron chi connectivity index (χ1n) is 7.84. The minimum atomic E-state index is 0.142. The lowest BCUT2D eigenvalue weighted by Crippen LogP contribution is -2.40. The van der Waals surface area contributed by atoms with Gasteiger partial charge in [0.2, 0.25) is 0 Å². The number of likely N-dealkylation sites (tertiary alicyclic amines) is 1. The zero-order chi connectivity index (χ0) is 16.1. The molecular weight excluding hydrogens is 310 g/mol. The Labute approximate surface area is 140 Å². The van der Waals surface area contributed by atoms with E-state index in [2.05, 4.69) is 0 Å². The van der Waals surface area contributed by atoms with E-state index in [0.29, 0.717) is 6.61 Å². The molecule has 1 amide bonds. The Balaban J connectivity index is 1.49. The molecule has 122 valence electrons. The molecule has 4 nitrogen and oxygen atoms in total. The number of ether oxygens (including phenoxy) is 2. The van der Waals surface area contributed by atoms with Crippen molar-refractivity contribution in [1.29, 1.82) is 0 Å². The number of rotatable bonds is 5. The SMILES string of the molecule is COc1ccccc1COC1CCN(C(=O)c2cccs2)CC1. The molecule has 0 atom stereocenters. The van der Waals surface area contributed by atoms with Gasteiger partial charge in [0.1, 0.15) is 5.75 Å². The molecule has 0 radical (unpaired) electrons. The second kappa shape index (κ2) is 7.62. The maximum absolute atomic E-state index is 12.3. The standard InChI is InChI=1S/C18H21NO3S/c1-21-16-6-3-2-5-14(16)13-22-15-8-10-19(11-9-15)18(20)17-7-4-12-23-17/h2-7,12,15H,8-11,13H2,1H3. The number of hydrogen-bond donors (Lipinski definition) is 0. The number of methoxy groups -OCH3 is 1. The Hall–Kier alpha value is -1.85. The molecule has 0 spiro atoms. The minimum Gasteiger partial charge on any atom is -0.496 e. The molecular formula is C18H21NO3S. The van der Waals surface area contributed by atoms with Crippen LogP contribution in [-0.4, -0.2) is 37.1 Å². The number of thiophene rings is 1. The fraction of sp³-hybridized carbons (Fsp3) is 0.389. The highest BCUT2D eigenvalue weighted by Crippen LogP contribution is 2.22. The van der Waals surface area contributed by atoms with Crippen LogP contribution in [0.3, 0.4) is 0 Å². The van der Waals surface area contributed by atoms with Gasteiger partial charge in [0.15, 0.2) is 0 Å². The summed E-state index contributed by atoms with van der Waals surface area (Å²) in [6.45, 7) is 2.06. The van der Waals surface area contributed by atoms with Crippen LogP contribution in [0.5, 0.6) is 5.75 Å². The van der Waals surface area contributed by atoms with E-state index < -0.39 is 0 Å². The molecule has 2 aromatic rings. The van der Waals surface area contributed by atoms with Gasteiger partial charge in [-0.25, -0.2) is 0 Å². The number of piperidine rings is 1. The lowest BCUT2D eigenvalue weighted by atomic mass is 10.1. The molecule has 1 aromatic heterocycles. The maximum Gasteiger partial charge on any atom is 0.263 e. The number of para-hydroxylation sites is 1. The van der Waals surface area contributed by atoms with Crippen molar-refractivity contribution in [1.82, 2.24) is 4.90 Å². The maximum atomic E-state index is 12.3. The van der Waals surface area contributed by atoms with E-state index in [4.69, 9.17) is 9.47 Å². The Kier molecular flexibility index (Phi) is 5.31. The van der Waals surface area contributed by atoms with Crippen LogP contribution in [0.15, 0.2) is 41.8 Å². The molecule has 0 unspecified atom stereocenters. The summed E-state index contributed by atoms with van der Waals surface area (Å²) >= 11 is 1.50. The summed E-state index contributed by atoms with van der Waals surface area (Å²) in [6.07, 6.45) is 1.96. The van der Waals surface area contributed by atoms with Crippen LogP contribution in [0.1, 0.15) is 28.1 Å². The van der Waals surface area contributed by atoms with Crippen LogP contribution in [0, 0.1) is 0 Å². The summed E-state index contributed by atoms with van der Waals surface area (Å²) in [7, 11) is 1.67. The summed E-state index contributed by atoms with van der Waals surface area (Å²) in [4.78, 5) is 15.1. The van der Waals surface area contributed by atoms with Crippen molar-refractivity contribution in [2.45, 2.75) is 25.6 Å². The van der Waals surface area contributed by atoms with E-state index >= 15 is 0 Å². The topological polar surface area (TPSA) is 38.8 Å². The molecule has 0 aliphatic carbocycles. The minimum absolute atomic E-state index is 0.142. The van der Waals surface area contributed by atoms with E-state index in [9.17, 15) is 4.79 Å². The number of hydrogen-bond acceptors (Lipinski definition) is 4.